The van der Waals surface area contributed by atoms with Gasteiger partial charge in [0.2, 0.25) is 5.76 Å². The SMILES string of the molecule is COC(=O)c1ccc(S)o1. The number of carbonyl (C=O) groups is 1. The van der Waals surface area contributed by atoms with Crippen molar-refractivity contribution in [2.45, 2.75) is 5.09 Å². The van der Waals surface area contributed by atoms with Gasteiger partial charge in [-0.1, -0.05) is 0 Å². The highest BCUT2D eigenvalue weighted by atomic mass is 32.1. The summed E-state index contributed by atoms with van der Waals surface area (Å²) in [5, 5.41) is 0.403. The Morgan fingerprint density at radius 2 is 2.40 bits per heavy atom. The summed E-state index contributed by atoms with van der Waals surface area (Å²) in [5.74, 6) is -0.312. The lowest BCUT2D eigenvalue weighted by molar-refractivity contribution is 0.0559. The molecule has 0 saturated heterocycles. The summed E-state index contributed by atoms with van der Waals surface area (Å²) in [6, 6.07) is 3.09. The van der Waals surface area contributed by atoms with Crippen molar-refractivity contribution in [2.24, 2.45) is 0 Å². The van der Waals surface area contributed by atoms with Crippen molar-refractivity contribution in [1.82, 2.24) is 0 Å². The zero-order valence-corrected chi connectivity index (χ0v) is 6.22. The maximum Gasteiger partial charge on any atom is 0.373 e. The smallest absolute Gasteiger partial charge is 0.373 e. The van der Waals surface area contributed by atoms with Crippen LogP contribution in [-0.2, 0) is 4.74 Å². The molecule has 1 rings (SSSR count). The van der Waals surface area contributed by atoms with Gasteiger partial charge >= 0.3 is 5.97 Å². The van der Waals surface area contributed by atoms with E-state index in [1.165, 1.54) is 13.2 Å². The minimum atomic E-state index is -0.486. The summed E-state index contributed by atoms with van der Waals surface area (Å²) in [7, 11) is 1.29. The number of hydrogen-bond acceptors (Lipinski definition) is 4. The third-order valence-electron chi connectivity index (χ3n) is 0.978. The lowest BCUT2D eigenvalue weighted by atomic mass is 10.5. The van der Waals surface area contributed by atoms with Crippen molar-refractivity contribution in [3.05, 3.63) is 17.9 Å². The van der Waals surface area contributed by atoms with Crippen molar-refractivity contribution < 1.29 is 13.9 Å². The number of hydrogen-bond donors (Lipinski definition) is 1. The van der Waals surface area contributed by atoms with Gasteiger partial charge in [0.05, 0.1) is 7.11 Å². The predicted octanol–water partition coefficient (Wildman–Crippen LogP) is 1.35. The van der Waals surface area contributed by atoms with Crippen molar-refractivity contribution in [1.29, 1.82) is 0 Å². The molecule has 0 amide bonds. The first-order valence-corrected chi connectivity index (χ1v) is 3.06. The molecule has 0 saturated carbocycles. The molecule has 1 aromatic heterocycles. The minimum absolute atomic E-state index is 0.174. The molecule has 0 radical (unpaired) electrons. The van der Waals surface area contributed by atoms with E-state index in [1.807, 2.05) is 0 Å². The number of furan rings is 1. The lowest BCUT2D eigenvalue weighted by Gasteiger charge is -1.90. The van der Waals surface area contributed by atoms with Crippen molar-refractivity contribution in [3.63, 3.8) is 0 Å². The van der Waals surface area contributed by atoms with Crippen LogP contribution < -0.4 is 0 Å². The van der Waals surface area contributed by atoms with Gasteiger partial charge in [-0.05, 0) is 12.1 Å². The predicted molar refractivity (Wildman–Crippen MR) is 37.3 cm³/mol. The van der Waals surface area contributed by atoms with E-state index < -0.39 is 5.97 Å². The highest BCUT2D eigenvalue weighted by Crippen LogP contribution is 2.11. The van der Waals surface area contributed by atoms with Gasteiger partial charge in [0.1, 0.15) is 0 Å². The Kier molecular flexibility index (Phi) is 2.01. The number of ether oxygens (including phenoxy) is 1. The molecule has 0 atom stereocenters. The van der Waals surface area contributed by atoms with Crippen LogP contribution in [0.15, 0.2) is 21.6 Å². The van der Waals surface area contributed by atoms with Crippen LogP contribution >= 0.6 is 12.6 Å². The fourth-order valence-corrected chi connectivity index (χ4v) is 0.711. The quantitative estimate of drug-likeness (QED) is 0.495. The first-order valence-electron chi connectivity index (χ1n) is 2.61. The molecule has 4 heteroatoms. The maximum atomic E-state index is 10.7. The van der Waals surface area contributed by atoms with Crippen LogP contribution in [0.5, 0.6) is 0 Å². The minimum Gasteiger partial charge on any atom is -0.463 e. The Balaban J connectivity index is 2.85. The second kappa shape index (κ2) is 2.79. The van der Waals surface area contributed by atoms with Crippen molar-refractivity contribution in [2.75, 3.05) is 7.11 Å². The van der Waals surface area contributed by atoms with Crippen LogP contribution in [0.3, 0.4) is 0 Å². The largest absolute Gasteiger partial charge is 0.463 e. The molecule has 0 unspecified atom stereocenters. The van der Waals surface area contributed by atoms with Crippen LogP contribution in [0.1, 0.15) is 10.6 Å². The molecule has 0 N–H and O–H groups in total. The van der Waals surface area contributed by atoms with Crippen LogP contribution in [-0.4, -0.2) is 13.1 Å². The fourth-order valence-electron chi connectivity index (χ4n) is 0.538. The molecule has 54 valence electrons. The molecular formula is C6H6O3S. The fraction of sp³-hybridized carbons (Fsp3) is 0.167. The van der Waals surface area contributed by atoms with Gasteiger partial charge in [0.15, 0.2) is 5.09 Å². The summed E-state index contributed by atoms with van der Waals surface area (Å²) in [4.78, 5) is 10.7. The Bertz CT molecular complexity index is 241. The second-order valence-electron chi connectivity index (χ2n) is 1.63. The zero-order chi connectivity index (χ0) is 7.56. The van der Waals surface area contributed by atoms with Gasteiger partial charge in [-0.2, -0.15) is 0 Å². The highest BCUT2D eigenvalue weighted by molar-refractivity contribution is 7.80. The van der Waals surface area contributed by atoms with Gasteiger partial charge in [0, 0.05) is 0 Å². The van der Waals surface area contributed by atoms with Gasteiger partial charge in [-0.3, -0.25) is 0 Å². The topological polar surface area (TPSA) is 39.4 Å². The Morgan fingerprint density at radius 1 is 1.70 bits per heavy atom. The number of carbonyl (C=O) groups excluding carboxylic acids is 1. The summed E-state index contributed by atoms with van der Waals surface area (Å²) in [5.41, 5.74) is 0. The molecule has 0 bridgehead atoms. The molecule has 0 aliphatic rings. The van der Waals surface area contributed by atoms with Gasteiger partial charge in [-0.25, -0.2) is 4.79 Å². The lowest BCUT2D eigenvalue weighted by Crippen LogP contribution is -1.97. The van der Waals surface area contributed by atoms with E-state index in [9.17, 15) is 4.79 Å². The van der Waals surface area contributed by atoms with Gasteiger partial charge in [-0.15, -0.1) is 12.6 Å². The monoisotopic (exact) mass is 158 g/mol. The molecule has 1 heterocycles. The molecule has 0 aliphatic carbocycles. The normalized spacial score (nSPS) is 9.40. The Morgan fingerprint density at radius 3 is 2.80 bits per heavy atom. The molecule has 0 spiro atoms. The molecule has 10 heavy (non-hydrogen) atoms. The van der Waals surface area contributed by atoms with Crippen LogP contribution in [0.25, 0.3) is 0 Å². The van der Waals surface area contributed by atoms with E-state index in [-0.39, 0.29) is 5.76 Å². The summed E-state index contributed by atoms with van der Waals surface area (Å²) in [6.45, 7) is 0. The van der Waals surface area contributed by atoms with Gasteiger partial charge in [0.25, 0.3) is 0 Å². The summed E-state index contributed by atoms with van der Waals surface area (Å²) >= 11 is 3.86. The van der Waals surface area contributed by atoms with E-state index in [0.29, 0.717) is 5.09 Å². The number of rotatable bonds is 1. The first kappa shape index (κ1) is 7.21. The van der Waals surface area contributed by atoms with Crippen LogP contribution in [0.2, 0.25) is 0 Å². The Hall–Kier alpha value is -0.900. The molecular weight excluding hydrogens is 152 g/mol. The van der Waals surface area contributed by atoms with Gasteiger partial charge < -0.3 is 9.15 Å². The highest BCUT2D eigenvalue weighted by Gasteiger charge is 2.08. The van der Waals surface area contributed by atoms with E-state index in [1.54, 1.807) is 6.07 Å². The second-order valence-corrected chi connectivity index (χ2v) is 2.07. The van der Waals surface area contributed by atoms with E-state index in [2.05, 4.69) is 17.4 Å². The average molecular weight is 158 g/mol. The standard InChI is InChI=1S/C6H6O3S/c1-8-6(7)4-2-3-5(10)9-4/h2-3,10H,1H3. The molecule has 0 fully saturated rings. The molecule has 0 aliphatic heterocycles. The number of thiol groups is 1. The Labute approximate surface area is 63.4 Å². The van der Waals surface area contributed by atoms with E-state index in [0.717, 1.165) is 0 Å². The van der Waals surface area contributed by atoms with E-state index >= 15 is 0 Å². The first-order chi connectivity index (χ1) is 4.74. The van der Waals surface area contributed by atoms with Crippen LogP contribution in [0, 0.1) is 0 Å². The summed E-state index contributed by atoms with van der Waals surface area (Å²) in [6.07, 6.45) is 0. The molecule has 3 nitrogen and oxygen atoms in total. The third-order valence-corrected chi connectivity index (χ3v) is 1.22. The van der Waals surface area contributed by atoms with Crippen molar-refractivity contribution in [3.8, 4) is 0 Å². The summed E-state index contributed by atoms with van der Waals surface area (Å²) < 4.78 is 9.21. The van der Waals surface area contributed by atoms with Crippen LogP contribution in [0.4, 0.5) is 0 Å². The maximum absolute atomic E-state index is 10.7. The molecule has 0 aromatic carbocycles. The average Bonchev–Trinajstić information content (AvgIpc) is 2.34. The number of esters is 1. The van der Waals surface area contributed by atoms with Crippen molar-refractivity contribution >= 4 is 18.6 Å². The van der Waals surface area contributed by atoms with E-state index in [4.69, 9.17) is 4.42 Å². The zero-order valence-electron chi connectivity index (χ0n) is 5.33. The number of methoxy groups -OCH3 is 1. The molecule has 1 aromatic rings. The third kappa shape index (κ3) is 1.33.